The van der Waals surface area contributed by atoms with Crippen molar-refractivity contribution in [1.29, 1.82) is 0 Å². The van der Waals surface area contributed by atoms with Crippen molar-refractivity contribution in [3.8, 4) is 11.5 Å². The number of fused-ring (bicyclic) bond motifs is 3. The van der Waals surface area contributed by atoms with Crippen LogP contribution in [0.5, 0.6) is 11.5 Å². The van der Waals surface area contributed by atoms with Crippen molar-refractivity contribution in [1.82, 2.24) is 5.06 Å². The number of rotatable bonds is 2. The fraction of sp³-hybridized carbons (Fsp3) is 0.304. The van der Waals surface area contributed by atoms with Gasteiger partial charge in [0.25, 0.3) is 11.8 Å². The third-order valence-electron chi connectivity index (χ3n) is 6.85. The van der Waals surface area contributed by atoms with E-state index in [4.69, 9.17) is 4.74 Å². The molecule has 1 heterocycles. The van der Waals surface area contributed by atoms with Crippen molar-refractivity contribution in [2.24, 2.45) is 17.8 Å². The summed E-state index contributed by atoms with van der Waals surface area (Å²) in [5, 5.41) is 20.8. The first-order valence-electron chi connectivity index (χ1n) is 10.1. The van der Waals surface area contributed by atoms with E-state index >= 15 is 0 Å². The van der Waals surface area contributed by atoms with E-state index < -0.39 is 35.5 Å². The number of imide groups is 1. The Labute approximate surface area is 190 Å². The largest absolute Gasteiger partial charge is 0.508 e. The first-order chi connectivity index (χ1) is 15.2. The molecule has 2 amide bonds. The Bertz CT molecular complexity index is 1210. The Hall–Kier alpha value is -3.04. The van der Waals surface area contributed by atoms with E-state index in [9.17, 15) is 29.5 Å². The Morgan fingerprint density at radius 1 is 1.12 bits per heavy atom. The molecule has 0 bridgehead atoms. The molecule has 0 radical (unpaired) electrons. The van der Waals surface area contributed by atoms with Crippen molar-refractivity contribution in [2.45, 2.75) is 18.8 Å². The number of hydrogen-bond donors (Lipinski definition) is 2. The van der Waals surface area contributed by atoms with Crippen molar-refractivity contribution in [3.63, 3.8) is 0 Å². The van der Waals surface area contributed by atoms with Gasteiger partial charge in [0.15, 0.2) is 11.6 Å². The molecular formula is C23H18BrNO7. The second-order valence-electron chi connectivity index (χ2n) is 8.31. The van der Waals surface area contributed by atoms with Gasteiger partial charge in [-0.15, -0.1) is 0 Å². The van der Waals surface area contributed by atoms with Crippen LogP contribution in [0, 0.1) is 17.8 Å². The van der Waals surface area contributed by atoms with Crippen LogP contribution < -0.4 is 4.74 Å². The average Bonchev–Trinajstić information content (AvgIpc) is 3.00. The SMILES string of the molecule is COc1ccc(O)c([C@H]2C3=CC[C@@H]4C(=O)N(O)C(=O)[C@@H]4[C@@H]3CC3=C2C(=O)C=C(Br)C3=O)c1. The number of phenols is 1. The van der Waals surface area contributed by atoms with Crippen molar-refractivity contribution in [2.75, 3.05) is 7.11 Å². The molecule has 32 heavy (non-hydrogen) atoms. The molecule has 1 aliphatic heterocycles. The second-order valence-corrected chi connectivity index (χ2v) is 9.16. The number of halogens is 1. The quantitative estimate of drug-likeness (QED) is 0.277. The topological polar surface area (TPSA) is 121 Å². The summed E-state index contributed by atoms with van der Waals surface area (Å²) in [4.78, 5) is 51.2. The highest BCUT2D eigenvalue weighted by atomic mass is 79.9. The van der Waals surface area contributed by atoms with E-state index in [0.717, 1.165) is 0 Å². The molecule has 9 heteroatoms. The Morgan fingerprint density at radius 2 is 1.88 bits per heavy atom. The van der Waals surface area contributed by atoms with Crippen LogP contribution in [0.3, 0.4) is 0 Å². The maximum Gasteiger partial charge on any atom is 0.257 e. The standard InChI is InChI=1S/C23H18BrNO7/c1-32-9-2-5-16(26)13(6-9)18-10-3-4-11-19(23(30)25(31)22(11)29)12(10)7-14-20(18)17(27)8-15(24)21(14)28/h2-3,5-6,8,11-12,18-19,26,31H,4,7H2,1H3/t11-,12+,18+,19-/m0/s1. The van der Waals surface area contributed by atoms with Crippen LogP contribution in [0.2, 0.25) is 0 Å². The number of hydroxylamine groups is 2. The molecule has 0 unspecified atom stereocenters. The minimum atomic E-state index is -0.843. The van der Waals surface area contributed by atoms with Gasteiger partial charge >= 0.3 is 0 Å². The smallest absolute Gasteiger partial charge is 0.257 e. The molecule has 0 aromatic heterocycles. The highest BCUT2D eigenvalue weighted by Crippen LogP contribution is 2.56. The third-order valence-corrected chi connectivity index (χ3v) is 7.44. The second kappa shape index (κ2) is 7.25. The molecule has 0 spiro atoms. The number of allylic oxidation sites excluding steroid dienone is 6. The maximum absolute atomic E-state index is 13.1. The number of phenolic OH excluding ortho intramolecular Hbond substituents is 1. The summed E-state index contributed by atoms with van der Waals surface area (Å²) in [6, 6.07) is 4.63. The first-order valence-corrected chi connectivity index (χ1v) is 10.9. The summed E-state index contributed by atoms with van der Waals surface area (Å²) in [7, 11) is 1.47. The van der Waals surface area contributed by atoms with Gasteiger partial charge in [-0.2, -0.15) is 5.06 Å². The average molecular weight is 500 g/mol. The lowest BCUT2D eigenvalue weighted by Gasteiger charge is -2.42. The molecule has 3 aliphatic carbocycles. The summed E-state index contributed by atoms with van der Waals surface area (Å²) in [6.07, 6.45) is 3.32. The molecule has 1 saturated heterocycles. The molecule has 1 aromatic rings. The minimum Gasteiger partial charge on any atom is -0.508 e. The Morgan fingerprint density at radius 3 is 2.59 bits per heavy atom. The number of benzene rings is 1. The highest BCUT2D eigenvalue weighted by molar-refractivity contribution is 9.12. The van der Waals surface area contributed by atoms with E-state index in [0.29, 0.717) is 16.9 Å². The fourth-order valence-corrected chi connectivity index (χ4v) is 5.88. The first kappa shape index (κ1) is 20.8. The van der Waals surface area contributed by atoms with Crippen molar-refractivity contribution < 1.29 is 34.2 Å². The zero-order valence-corrected chi connectivity index (χ0v) is 18.5. The van der Waals surface area contributed by atoms with Gasteiger partial charge in [-0.25, -0.2) is 0 Å². The number of methoxy groups -OCH3 is 1. The number of Topliss-reactive ketones (excluding diaryl/α,β-unsaturated/α-hetero) is 1. The molecule has 4 aliphatic rings. The van der Waals surface area contributed by atoms with Crippen LogP contribution in [0.1, 0.15) is 24.3 Å². The summed E-state index contributed by atoms with van der Waals surface area (Å²) in [6.45, 7) is 0. The van der Waals surface area contributed by atoms with E-state index in [2.05, 4.69) is 15.9 Å². The molecule has 2 N–H and O–H groups in total. The molecule has 1 aromatic carbocycles. The number of hydrogen-bond acceptors (Lipinski definition) is 7. The van der Waals surface area contributed by atoms with Gasteiger partial charge in [0.05, 0.1) is 23.4 Å². The minimum absolute atomic E-state index is 0.0854. The summed E-state index contributed by atoms with van der Waals surface area (Å²) >= 11 is 3.15. The van der Waals surface area contributed by atoms with E-state index in [-0.39, 0.29) is 50.8 Å². The Balaban J connectivity index is 1.74. The van der Waals surface area contributed by atoms with Gasteiger partial charge in [-0.3, -0.25) is 24.4 Å². The lowest BCUT2D eigenvalue weighted by Crippen LogP contribution is -2.39. The highest BCUT2D eigenvalue weighted by Gasteiger charge is 2.56. The maximum atomic E-state index is 13.1. The van der Waals surface area contributed by atoms with Gasteiger partial charge in [0.1, 0.15) is 11.5 Å². The number of nitrogens with zero attached hydrogens (tertiary/aromatic N) is 1. The monoisotopic (exact) mass is 499 g/mol. The van der Waals surface area contributed by atoms with Crippen LogP contribution in [0.15, 0.2) is 51.6 Å². The predicted molar refractivity (Wildman–Crippen MR) is 113 cm³/mol. The normalized spacial score (nSPS) is 29.4. The summed E-state index contributed by atoms with van der Waals surface area (Å²) in [5.41, 5.74) is 1.55. The zero-order valence-electron chi connectivity index (χ0n) is 16.9. The molecule has 5 rings (SSSR count). The number of ether oxygens (including phenoxy) is 1. The van der Waals surface area contributed by atoms with Crippen LogP contribution in [-0.4, -0.2) is 45.9 Å². The predicted octanol–water partition coefficient (Wildman–Crippen LogP) is 2.55. The van der Waals surface area contributed by atoms with Gasteiger partial charge in [0.2, 0.25) is 0 Å². The van der Waals surface area contributed by atoms with Crippen LogP contribution in [0.4, 0.5) is 0 Å². The molecule has 0 saturated carbocycles. The molecule has 1 fully saturated rings. The van der Waals surface area contributed by atoms with Gasteiger partial charge in [0, 0.05) is 28.7 Å². The fourth-order valence-electron chi connectivity index (χ4n) is 5.44. The lowest BCUT2D eigenvalue weighted by molar-refractivity contribution is -0.173. The van der Waals surface area contributed by atoms with Crippen LogP contribution >= 0.6 is 15.9 Å². The van der Waals surface area contributed by atoms with Crippen LogP contribution in [0.25, 0.3) is 0 Å². The number of carbonyl (C=O) groups is 4. The van der Waals surface area contributed by atoms with E-state index in [1.54, 1.807) is 18.2 Å². The van der Waals surface area contributed by atoms with Crippen molar-refractivity contribution >= 4 is 39.3 Å². The molecule has 164 valence electrons. The zero-order chi connectivity index (χ0) is 22.9. The number of aromatic hydroxyl groups is 1. The van der Waals surface area contributed by atoms with Crippen LogP contribution in [-0.2, 0) is 19.2 Å². The van der Waals surface area contributed by atoms with Crippen molar-refractivity contribution in [3.05, 3.63) is 57.1 Å². The van der Waals surface area contributed by atoms with E-state index in [1.807, 2.05) is 0 Å². The summed E-state index contributed by atoms with van der Waals surface area (Å²) in [5.74, 6) is -4.67. The van der Waals surface area contributed by atoms with Gasteiger partial charge in [-0.1, -0.05) is 11.6 Å². The van der Waals surface area contributed by atoms with Gasteiger partial charge in [-0.05, 0) is 52.9 Å². The summed E-state index contributed by atoms with van der Waals surface area (Å²) < 4.78 is 5.41. The number of amides is 2. The third kappa shape index (κ3) is 2.77. The Kier molecular flexibility index (Phi) is 4.72. The number of ketones is 2. The lowest BCUT2D eigenvalue weighted by atomic mass is 9.59. The van der Waals surface area contributed by atoms with E-state index in [1.165, 1.54) is 19.3 Å². The molecule has 8 nitrogen and oxygen atoms in total. The molecule has 4 atom stereocenters. The van der Waals surface area contributed by atoms with Gasteiger partial charge < -0.3 is 9.84 Å². The number of carbonyl (C=O) groups excluding carboxylic acids is 4. The molecular weight excluding hydrogens is 482 g/mol.